The van der Waals surface area contributed by atoms with Gasteiger partial charge in [0.25, 0.3) is 0 Å². The molecule has 0 bridgehead atoms. The first-order chi connectivity index (χ1) is 30.7. The van der Waals surface area contributed by atoms with Crippen molar-refractivity contribution in [1.82, 2.24) is 28.7 Å². The number of anilines is 3. The average Bonchev–Trinajstić information content (AvgIpc) is 4.00. The predicted molar refractivity (Wildman–Crippen MR) is 260 cm³/mol. The van der Waals surface area contributed by atoms with E-state index in [-0.39, 0.29) is 0 Å². The highest BCUT2D eigenvalue weighted by molar-refractivity contribution is 5.86. The molecule has 0 aliphatic carbocycles. The molecule has 0 fully saturated rings. The summed E-state index contributed by atoms with van der Waals surface area (Å²) >= 11 is 0. The number of aromatic nitrogens is 6. The standard InChI is InChI=1S/C16H21N3O2.2C15H19N3O2.2C2H6/c1-12-9-19(11-17-12)10-13-6-5-7-14(8-13)18-15(20)21-16(2,3)4;2*1-15(2,3)20-14(19)17-13-6-4-5-12(9-13)10-18-8-7-16-11-18;2*1-2/h5-9,11H,10H2,1-4H3,(H,18,20);2*4-9,11H,10H2,1-3H3,(H,17,19);2*1-2H3. The molecule has 0 saturated carbocycles. The van der Waals surface area contributed by atoms with E-state index in [1.165, 1.54) is 0 Å². The fourth-order valence-electron chi connectivity index (χ4n) is 5.46. The van der Waals surface area contributed by atoms with Crippen LogP contribution in [0.5, 0.6) is 0 Å². The summed E-state index contributed by atoms with van der Waals surface area (Å²) in [5, 5.41) is 8.21. The van der Waals surface area contributed by atoms with Gasteiger partial charge in [-0.05, 0) is 122 Å². The van der Waals surface area contributed by atoms with Crippen molar-refractivity contribution in [3.8, 4) is 0 Å². The summed E-state index contributed by atoms with van der Waals surface area (Å²) in [6, 6.07) is 23.0. The number of hydrogen-bond donors (Lipinski definition) is 3. The monoisotopic (exact) mass is 894 g/mol. The number of nitrogens with one attached hydrogen (secondary N) is 3. The van der Waals surface area contributed by atoms with Crippen LogP contribution in [-0.4, -0.2) is 63.7 Å². The van der Waals surface area contributed by atoms with E-state index in [4.69, 9.17) is 14.2 Å². The number of aryl methyl sites for hydroxylation is 1. The molecule has 0 atom stereocenters. The molecule has 3 aromatic heterocycles. The molecule has 3 N–H and O–H groups in total. The van der Waals surface area contributed by atoms with Gasteiger partial charge in [0.15, 0.2) is 0 Å². The molecular formula is C50H71N9O6. The van der Waals surface area contributed by atoms with Crippen molar-refractivity contribution in [2.75, 3.05) is 16.0 Å². The molecule has 65 heavy (non-hydrogen) atoms. The van der Waals surface area contributed by atoms with Gasteiger partial charge in [0.05, 0.1) is 24.7 Å². The van der Waals surface area contributed by atoms with E-state index < -0.39 is 35.1 Å². The summed E-state index contributed by atoms with van der Waals surface area (Å²) in [4.78, 5) is 47.4. The quantitative estimate of drug-likeness (QED) is 0.120. The molecule has 0 aliphatic heterocycles. The highest BCUT2D eigenvalue weighted by Gasteiger charge is 2.18. The van der Waals surface area contributed by atoms with E-state index >= 15 is 0 Å². The van der Waals surface area contributed by atoms with Gasteiger partial charge in [-0.3, -0.25) is 16.0 Å². The van der Waals surface area contributed by atoms with Crippen LogP contribution in [-0.2, 0) is 33.8 Å². The summed E-state index contributed by atoms with van der Waals surface area (Å²) in [6.45, 7) is 28.6. The van der Waals surface area contributed by atoms with Gasteiger partial charge in [-0.25, -0.2) is 29.3 Å². The molecule has 0 saturated heterocycles. The second-order valence-electron chi connectivity index (χ2n) is 17.1. The van der Waals surface area contributed by atoms with Gasteiger partial charge in [0, 0.05) is 67.7 Å². The highest BCUT2D eigenvalue weighted by atomic mass is 16.6. The number of ether oxygens (including phenoxy) is 3. The first-order valence-electron chi connectivity index (χ1n) is 21.8. The maximum absolute atomic E-state index is 11.8. The molecule has 0 radical (unpaired) electrons. The minimum atomic E-state index is -0.504. The normalized spacial score (nSPS) is 10.7. The highest BCUT2D eigenvalue weighted by Crippen LogP contribution is 2.17. The Morgan fingerprint density at radius 2 is 0.831 bits per heavy atom. The van der Waals surface area contributed by atoms with Gasteiger partial charge in [0.1, 0.15) is 16.8 Å². The first kappa shape index (κ1) is 54.2. The van der Waals surface area contributed by atoms with Crippen molar-refractivity contribution < 1.29 is 28.6 Å². The Morgan fingerprint density at radius 3 is 1.09 bits per heavy atom. The van der Waals surface area contributed by atoms with E-state index in [9.17, 15) is 14.4 Å². The summed E-state index contributed by atoms with van der Waals surface area (Å²) in [5.41, 5.74) is 4.88. The Morgan fingerprint density at radius 1 is 0.508 bits per heavy atom. The van der Waals surface area contributed by atoms with Crippen LogP contribution in [0.3, 0.4) is 0 Å². The second-order valence-corrected chi connectivity index (χ2v) is 17.1. The number of nitrogens with zero attached hydrogens (tertiary/aromatic N) is 6. The maximum Gasteiger partial charge on any atom is 0.412 e. The molecule has 6 rings (SSSR count). The first-order valence-corrected chi connectivity index (χ1v) is 21.8. The minimum Gasteiger partial charge on any atom is -0.444 e. The van der Waals surface area contributed by atoms with Crippen LogP contribution in [0.2, 0.25) is 0 Å². The number of imidazole rings is 3. The molecule has 0 aliphatic rings. The number of carbonyl (C=O) groups excluding carboxylic acids is 3. The van der Waals surface area contributed by atoms with E-state index in [1.807, 2.05) is 202 Å². The van der Waals surface area contributed by atoms with Crippen LogP contribution in [0.1, 0.15) is 112 Å². The van der Waals surface area contributed by atoms with Crippen molar-refractivity contribution in [3.05, 3.63) is 145 Å². The maximum atomic E-state index is 11.8. The van der Waals surface area contributed by atoms with Crippen molar-refractivity contribution >= 4 is 35.3 Å². The molecule has 3 aromatic carbocycles. The van der Waals surface area contributed by atoms with Crippen molar-refractivity contribution in [2.24, 2.45) is 0 Å². The number of carbonyl (C=O) groups is 3. The molecule has 3 heterocycles. The Kier molecular flexibility index (Phi) is 22.2. The predicted octanol–water partition coefficient (Wildman–Crippen LogP) is 12.2. The number of hydrogen-bond acceptors (Lipinski definition) is 9. The average molecular weight is 894 g/mol. The van der Waals surface area contributed by atoms with E-state index in [0.29, 0.717) is 19.6 Å². The number of benzene rings is 3. The smallest absolute Gasteiger partial charge is 0.412 e. The van der Waals surface area contributed by atoms with Crippen molar-refractivity contribution in [3.63, 3.8) is 0 Å². The van der Waals surface area contributed by atoms with E-state index in [1.54, 1.807) is 31.4 Å². The Hall–Kier alpha value is -6.90. The lowest BCUT2D eigenvalue weighted by molar-refractivity contribution is 0.0624. The van der Waals surface area contributed by atoms with Crippen LogP contribution < -0.4 is 16.0 Å². The van der Waals surface area contributed by atoms with Gasteiger partial charge < -0.3 is 27.9 Å². The third-order valence-corrected chi connectivity index (χ3v) is 7.69. The third kappa shape index (κ3) is 23.9. The number of amides is 3. The molecule has 3 amide bonds. The Bertz CT molecular complexity index is 2180. The molecule has 0 unspecified atom stereocenters. The molecule has 15 heteroatoms. The Balaban J connectivity index is 0.000000322. The topological polar surface area (TPSA) is 168 Å². The van der Waals surface area contributed by atoms with Gasteiger partial charge in [-0.15, -0.1) is 0 Å². The molecule has 352 valence electrons. The van der Waals surface area contributed by atoms with Crippen LogP contribution >= 0.6 is 0 Å². The van der Waals surface area contributed by atoms with Crippen LogP contribution in [0, 0.1) is 6.92 Å². The molecule has 0 spiro atoms. The van der Waals surface area contributed by atoms with Crippen LogP contribution in [0.25, 0.3) is 0 Å². The van der Waals surface area contributed by atoms with Gasteiger partial charge in [-0.1, -0.05) is 64.1 Å². The van der Waals surface area contributed by atoms with Gasteiger partial charge >= 0.3 is 18.3 Å². The van der Waals surface area contributed by atoms with E-state index in [0.717, 1.165) is 39.4 Å². The Labute approximate surface area is 386 Å². The summed E-state index contributed by atoms with van der Waals surface area (Å²) in [6.07, 6.45) is 13.2. The lowest BCUT2D eigenvalue weighted by atomic mass is 10.2. The van der Waals surface area contributed by atoms with Crippen LogP contribution in [0.4, 0.5) is 31.4 Å². The molecule has 15 nitrogen and oxygen atoms in total. The van der Waals surface area contributed by atoms with Crippen molar-refractivity contribution in [1.29, 1.82) is 0 Å². The molecular weight excluding hydrogens is 823 g/mol. The fourth-order valence-corrected chi connectivity index (χ4v) is 5.46. The lowest BCUT2D eigenvalue weighted by Crippen LogP contribution is -2.27. The summed E-state index contributed by atoms with van der Waals surface area (Å²) in [5.74, 6) is 0. The zero-order valence-electron chi connectivity index (χ0n) is 40.8. The SMILES string of the molecule is CC.CC.CC(C)(C)OC(=O)Nc1cccc(Cn2ccnc2)c1.CC(C)(C)OC(=O)Nc1cccc(Cn2ccnc2)c1.Cc1cn(Cc2cccc(NC(=O)OC(C)(C)C)c2)cn1. The van der Waals surface area contributed by atoms with E-state index in [2.05, 4.69) is 30.9 Å². The summed E-state index contributed by atoms with van der Waals surface area (Å²) < 4.78 is 21.6. The van der Waals surface area contributed by atoms with Gasteiger partial charge in [-0.2, -0.15) is 0 Å². The zero-order valence-corrected chi connectivity index (χ0v) is 40.8. The minimum absolute atomic E-state index is 0.446. The van der Waals surface area contributed by atoms with Crippen LogP contribution in [0.15, 0.2) is 123 Å². The number of rotatable bonds is 9. The third-order valence-electron chi connectivity index (χ3n) is 7.69. The molecule has 6 aromatic rings. The fraction of sp³-hybridized carbons (Fsp3) is 0.400. The second kappa shape index (κ2) is 26.7. The van der Waals surface area contributed by atoms with Crippen molar-refractivity contribution in [2.45, 2.75) is 133 Å². The largest absolute Gasteiger partial charge is 0.444 e. The zero-order chi connectivity index (χ0) is 48.6. The lowest BCUT2D eigenvalue weighted by Gasteiger charge is -2.19. The van der Waals surface area contributed by atoms with Gasteiger partial charge in [0.2, 0.25) is 0 Å². The summed E-state index contributed by atoms with van der Waals surface area (Å²) in [7, 11) is 0.